The van der Waals surface area contributed by atoms with Crippen molar-refractivity contribution in [3.05, 3.63) is 23.7 Å². The number of halogens is 2. The number of nitrogens with zero attached hydrogens (tertiary/aromatic N) is 1. The van der Waals surface area contributed by atoms with Crippen molar-refractivity contribution in [3.8, 4) is 0 Å². The fourth-order valence-corrected chi connectivity index (χ4v) is 1.49. The SMILES string of the molecule is Cc1ccc(C(CN)N(C)CC(F)F)o1. The van der Waals surface area contributed by atoms with Crippen LogP contribution in [-0.4, -0.2) is 31.5 Å². The minimum atomic E-state index is -2.36. The highest BCUT2D eigenvalue weighted by atomic mass is 19.3. The maximum Gasteiger partial charge on any atom is 0.251 e. The Kier molecular flexibility index (Phi) is 4.23. The van der Waals surface area contributed by atoms with Crippen LogP contribution in [0.2, 0.25) is 0 Å². The van der Waals surface area contributed by atoms with Crippen molar-refractivity contribution in [3.63, 3.8) is 0 Å². The Hall–Kier alpha value is -0.940. The molecule has 0 bridgehead atoms. The Morgan fingerprint density at radius 3 is 2.53 bits per heavy atom. The quantitative estimate of drug-likeness (QED) is 0.819. The highest BCUT2D eigenvalue weighted by Crippen LogP contribution is 2.21. The molecule has 0 fully saturated rings. The highest BCUT2D eigenvalue weighted by Gasteiger charge is 2.21. The van der Waals surface area contributed by atoms with E-state index in [4.69, 9.17) is 10.2 Å². The molecule has 3 nitrogen and oxygen atoms in total. The number of furan rings is 1. The highest BCUT2D eigenvalue weighted by molar-refractivity contribution is 5.10. The van der Waals surface area contributed by atoms with Gasteiger partial charge in [-0.15, -0.1) is 0 Å². The molecule has 0 aromatic carbocycles. The Bertz CT molecular complexity index is 301. The third-order valence-electron chi connectivity index (χ3n) is 2.27. The second-order valence-corrected chi connectivity index (χ2v) is 3.53. The third kappa shape index (κ3) is 3.28. The van der Waals surface area contributed by atoms with Crippen LogP contribution >= 0.6 is 0 Å². The van der Waals surface area contributed by atoms with E-state index in [1.54, 1.807) is 19.2 Å². The first-order valence-electron chi connectivity index (χ1n) is 4.79. The number of aryl methyl sites for hydroxylation is 1. The largest absolute Gasteiger partial charge is 0.465 e. The van der Waals surface area contributed by atoms with Crippen molar-refractivity contribution in [2.45, 2.75) is 19.4 Å². The molecular formula is C10H16F2N2O. The summed E-state index contributed by atoms with van der Waals surface area (Å²) in [4.78, 5) is 1.50. The van der Waals surface area contributed by atoms with Crippen LogP contribution in [0.25, 0.3) is 0 Å². The fraction of sp³-hybridized carbons (Fsp3) is 0.600. The van der Waals surface area contributed by atoms with E-state index in [-0.39, 0.29) is 19.1 Å². The summed E-state index contributed by atoms with van der Waals surface area (Å²) in [6, 6.07) is 3.29. The second kappa shape index (κ2) is 5.23. The maximum atomic E-state index is 12.2. The minimum Gasteiger partial charge on any atom is -0.465 e. The first-order valence-corrected chi connectivity index (χ1v) is 4.79. The van der Waals surface area contributed by atoms with Gasteiger partial charge in [-0.2, -0.15) is 0 Å². The van der Waals surface area contributed by atoms with Crippen molar-refractivity contribution in [2.75, 3.05) is 20.1 Å². The van der Waals surface area contributed by atoms with Crippen molar-refractivity contribution in [2.24, 2.45) is 5.73 Å². The van der Waals surface area contributed by atoms with E-state index >= 15 is 0 Å². The summed E-state index contributed by atoms with van der Waals surface area (Å²) in [6.07, 6.45) is -2.36. The minimum absolute atomic E-state index is 0.260. The molecule has 0 amide bonds. The number of likely N-dealkylation sites (N-methyl/N-ethyl adjacent to an activating group) is 1. The summed E-state index contributed by atoms with van der Waals surface area (Å²) in [5.41, 5.74) is 5.54. The second-order valence-electron chi connectivity index (χ2n) is 3.53. The van der Waals surface area contributed by atoms with Crippen LogP contribution in [0.15, 0.2) is 16.5 Å². The molecule has 86 valence electrons. The van der Waals surface area contributed by atoms with Gasteiger partial charge in [0.15, 0.2) is 0 Å². The summed E-state index contributed by atoms with van der Waals surface area (Å²) in [5.74, 6) is 1.40. The van der Waals surface area contributed by atoms with E-state index in [0.717, 1.165) is 5.76 Å². The molecule has 2 N–H and O–H groups in total. The molecule has 1 unspecified atom stereocenters. The molecule has 1 aromatic heterocycles. The summed E-state index contributed by atoms with van der Waals surface area (Å²) >= 11 is 0. The Morgan fingerprint density at radius 1 is 1.47 bits per heavy atom. The fourth-order valence-electron chi connectivity index (χ4n) is 1.49. The van der Waals surface area contributed by atoms with E-state index in [0.29, 0.717) is 5.76 Å². The molecular weight excluding hydrogens is 202 g/mol. The Balaban J connectivity index is 2.70. The van der Waals surface area contributed by atoms with Crippen molar-refractivity contribution in [1.29, 1.82) is 0 Å². The zero-order valence-corrected chi connectivity index (χ0v) is 8.91. The van der Waals surface area contributed by atoms with Gasteiger partial charge in [0.2, 0.25) is 0 Å². The lowest BCUT2D eigenvalue weighted by Crippen LogP contribution is -2.33. The molecule has 0 aliphatic rings. The maximum absolute atomic E-state index is 12.2. The van der Waals surface area contributed by atoms with E-state index < -0.39 is 6.43 Å². The number of rotatable bonds is 5. The van der Waals surface area contributed by atoms with Crippen LogP contribution < -0.4 is 5.73 Å². The molecule has 1 atom stereocenters. The molecule has 5 heteroatoms. The van der Waals surface area contributed by atoms with E-state index in [9.17, 15) is 8.78 Å². The Labute approximate surface area is 87.8 Å². The van der Waals surface area contributed by atoms with Crippen LogP contribution in [0.1, 0.15) is 17.6 Å². The predicted molar refractivity (Wildman–Crippen MR) is 53.9 cm³/mol. The van der Waals surface area contributed by atoms with Crippen LogP contribution in [0.3, 0.4) is 0 Å². The summed E-state index contributed by atoms with van der Waals surface area (Å²) in [7, 11) is 1.61. The van der Waals surface area contributed by atoms with Gasteiger partial charge in [0.05, 0.1) is 12.6 Å². The van der Waals surface area contributed by atoms with Gasteiger partial charge < -0.3 is 10.2 Å². The monoisotopic (exact) mass is 218 g/mol. The normalized spacial score (nSPS) is 13.8. The first kappa shape index (κ1) is 12.1. The van der Waals surface area contributed by atoms with Crippen LogP contribution in [0.4, 0.5) is 8.78 Å². The Morgan fingerprint density at radius 2 is 2.13 bits per heavy atom. The molecule has 0 radical (unpaired) electrons. The van der Waals surface area contributed by atoms with Gasteiger partial charge in [0.1, 0.15) is 11.5 Å². The van der Waals surface area contributed by atoms with E-state index in [2.05, 4.69) is 0 Å². The summed E-state index contributed by atoms with van der Waals surface area (Å²) < 4.78 is 29.8. The average molecular weight is 218 g/mol. The topological polar surface area (TPSA) is 42.4 Å². The molecule has 0 aliphatic heterocycles. The van der Waals surface area contributed by atoms with E-state index in [1.165, 1.54) is 4.90 Å². The van der Waals surface area contributed by atoms with Crippen LogP contribution in [0.5, 0.6) is 0 Å². The van der Waals surface area contributed by atoms with Gasteiger partial charge in [0.25, 0.3) is 6.43 Å². The van der Waals surface area contributed by atoms with Gasteiger partial charge in [0, 0.05) is 6.54 Å². The lowest BCUT2D eigenvalue weighted by molar-refractivity contribution is 0.0770. The average Bonchev–Trinajstić information content (AvgIpc) is 2.51. The molecule has 1 aromatic rings. The van der Waals surface area contributed by atoms with Gasteiger partial charge >= 0.3 is 0 Å². The van der Waals surface area contributed by atoms with Gasteiger partial charge in [-0.1, -0.05) is 0 Å². The van der Waals surface area contributed by atoms with Crippen molar-refractivity contribution in [1.82, 2.24) is 4.90 Å². The number of alkyl halides is 2. The smallest absolute Gasteiger partial charge is 0.251 e. The number of nitrogens with two attached hydrogens (primary N) is 1. The van der Waals surface area contributed by atoms with Crippen molar-refractivity contribution < 1.29 is 13.2 Å². The van der Waals surface area contributed by atoms with Gasteiger partial charge in [-0.3, -0.25) is 4.90 Å². The molecule has 0 saturated heterocycles. The molecule has 0 aliphatic carbocycles. The number of hydrogen-bond donors (Lipinski definition) is 1. The van der Waals surface area contributed by atoms with Crippen molar-refractivity contribution >= 4 is 0 Å². The lowest BCUT2D eigenvalue weighted by Gasteiger charge is -2.24. The number of hydrogen-bond acceptors (Lipinski definition) is 3. The first-order chi connectivity index (χ1) is 7.04. The lowest BCUT2D eigenvalue weighted by atomic mass is 10.2. The predicted octanol–water partition coefficient (Wildman–Crippen LogP) is 1.78. The summed E-state index contributed by atoms with van der Waals surface area (Å²) in [5, 5.41) is 0. The molecule has 15 heavy (non-hydrogen) atoms. The zero-order chi connectivity index (χ0) is 11.4. The van der Waals surface area contributed by atoms with Gasteiger partial charge in [-0.25, -0.2) is 8.78 Å². The van der Waals surface area contributed by atoms with Gasteiger partial charge in [-0.05, 0) is 26.1 Å². The molecule has 0 saturated carbocycles. The van der Waals surface area contributed by atoms with E-state index in [1.807, 2.05) is 6.92 Å². The van der Waals surface area contributed by atoms with Crippen LogP contribution in [0, 0.1) is 6.92 Å². The molecule has 1 heterocycles. The zero-order valence-electron chi connectivity index (χ0n) is 8.91. The van der Waals surface area contributed by atoms with Crippen LogP contribution in [-0.2, 0) is 0 Å². The third-order valence-corrected chi connectivity index (χ3v) is 2.27. The summed E-state index contributed by atoms with van der Waals surface area (Å²) in [6.45, 7) is 1.77. The standard InChI is InChI=1S/C10H16F2N2O/c1-7-3-4-9(15-7)8(5-13)14(2)6-10(11)12/h3-4,8,10H,5-6,13H2,1-2H3. The molecule has 1 rings (SSSR count). The molecule has 0 spiro atoms.